The van der Waals surface area contributed by atoms with Crippen LogP contribution in [-0.2, 0) is 33.6 Å². The van der Waals surface area contributed by atoms with Gasteiger partial charge in [-0.15, -0.1) is 0 Å². The molecule has 4 atom stereocenters. The van der Waals surface area contributed by atoms with E-state index < -0.39 is 33.7 Å². The highest BCUT2D eigenvalue weighted by Gasteiger charge is 2.41. The lowest BCUT2D eigenvalue weighted by Crippen LogP contribution is -2.18. The number of halogens is 2. The van der Waals surface area contributed by atoms with Gasteiger partial charge in [0.25, 0.3) is 0 Å². The molecule has 2 heterocycles. The Kier molecular flexibility index (Phi) is 11.9. The minimum absolute atomic E-state index is 0.0522. The van der Waals surface area contributed by atoms with Crippen molar-refractivity contribution >= 4 is 32.8 Å². The van der Waals surface area contributed by atoms with Crippen LogP contribution in [0.4, 0.5) is 4.39 Å². The van der Waals surface area contributed by atoms with Crippen LogP contribution in [0.15, 0.2) is 85.4 Å². The highest BCUT2D eigenvalue weighted by atomic mass is 35.5. The number of unbranched alkanes of at least 4 members (excludes halogenated alkanes) is 2. The molecule has 0 spiro atoms. The molecule has 2 saturated heterocycles. The van der Waals surface area contributed by atoms with Crippen molar-refractivity contribution in [3.63, 3.8) is 0 Å². The van der Waals surface area contributed by atoms with E-state index in [0.29, 0.717) is 41.0 Å². The quantitative estimate of drug-likeness (QED) is 0.104. The molecule has 12 heteroatoms. The summed E-state index contributed by atoms with van der Waals surface area (Å²) >= 11 is 6.27. The van der Waals surface area contributed by atoms with Crippen LogP contribution in [0.1, 0.15) is 86.0 Å². The molecule has 4 aromatic carbocycles. The summed E-state index contributed by atoms with van der Waals surface area (Å²) in [5, 5.41) is 0.524. The molecule has 0 saturated carbocycles. The molecule has 0 aliphatic carbocycles. The van der Waals surface area contributed by atoms with E-state index in [4.69, 9.17) is 38.7 Å². The fraction of sp³-hybridized carbons (Fsp3) is 0.333. The maximum absolute atomic E-state index is 14.4. The molecule has 2 aliphatic rings. The van der Waals surface area contributed by atoms with E-state index >= 15 is 0 Å². The van der Waals surface area contributed by atoms with Gasteiger partial charge in [0.05, 0.1) is 31.0 Å². The van der Waals surface area contributed by atoms with Crippen LogP contribution in [0, 0.1) is 12.7 Å². The van der Waals surface area contributed by atoms with Crippen LogP contribution in [0.25, 0.3) is 16.7 Å². The van der Waals surface area contributed by atoms with Crippen LogP contribution in [0.2, 0.25) is 5.02 Å². The molecular weight excluding hydrogens is 713 g/mol. The summed E-state index contributed by atoms with van der Waals surface area (Å²) in [4.78, 5) is 0. The number of allylic oxidation sites excluding steroid dienone is 1. The molecule has 4 unspecified atom stereocenters. The highest BCUT2D eigenvalue weighted by Crippen LogP contribution is 2.62. The van der Waals surface area contributed by atoms with Crippen LogP contribution in [0.3, 0.4) is 0 Å². The molecule has 2 aliphatic heterocycles. The topological polar surface area (TPSA) is 89.5 Å². The molecule has 6 rings (SSSR count). The standard InChI is InChI=1S/C39H42ClFO8P2/c1-5-6-7-10-28-22-37(48-50(42)44-19-17-35(46-50)29-11-8-13-31(40)24-29)39(34-21-27(4)15-16-33(34)26(2)3)38(23-28)49-51(43)45-20-18-36(47-51)30-12-9-14-32(41)25-30/h8-9,11-16,21-25,35-36H,2,5-7,10,17-20H2,1,3-4H3. The molecule has 0 radical (unpaired) electrons. The number of phosphoric acid groups is 2. The third-order valence-corrected chi connectivity index (χ3v) is 11.8. The monoisotopic (exact) mass is 754 g/mol. The Bertz CT molecular complexity index is 1900. The van der Waals surface area contributed by atoms with Gasteiger partial charge >= 0.3 is 15.6 Å². The molecule has 2 fully saturated rings. The van der Waals surface area contributed by atoms with E-state index in [9.17, 15) is 13.5 Å². The number of benzene rings is 4. The lowest BCUT2D eigenvalue weighted by molar-refractivity contribution is 0.0507. The van der Waals surface area contributed by atoms with Gasteiger partial charge in [-0.05, 0) is 90.9 Å². The Morgan fingerprint density at radius 3 is 2.04 bits per heavy atom. The Balaban J connectivity index is 1.47. The normalized spacial score (nSPS) is 23.5. The predicted octanol–water partition coefficient (Wildman–Crippen LogP) is 12.6. The van der Waals surface area contributed by atoms with Crippen molar-refractivity contribution in [2.75, 3.05) is 13.2 Å². The summed E-state index contributed by atoms with van der Waals surface area (Å²) in [6.07, 6.45) is 2.89. The second-order valence-corrected chi connectivity index (χ2v) is 16.4. The van der Waals surface area contributed by atoms with Gasteiger partial charge in [-0.25, -0.2) is 13.5 Å². The number of aryl methyl sites for hydroxylation is 2. The molecule has 51 heavy (non-hydrogen) atoms. The first-order valence-electron chi connectivity index (χ1n) is 17.1. The second kappa shape index (κ2) is 16.2. The summed E-state index contributed by atoms with van der Waals surface area (Å²) in [6.45, 7) is 10.3. The van der Waals surface area contributed by atoms with E-state index in [-0.39, 0.29) is 24.7 Å². The van der Waals surface area contributed by atoms with Gasteiger partial charge in [-0.1, -0.05) is 91.5 Å². The van der Waals surface area contributed by atoms with E-state index in [1.807, 2.05) is 38.1 Å². The first-order valence-corrected chi connectivity index (χ1v) is 20.4. The molecule has 0 aromatic heterocycles. The Morgan fingerprint density at radius 1 is 0.863 bits per heavy atom. The molecular formula is C39H42ClFO8P2. The molecule has 0 bridgehead atoms. The fourth-order valence-corrected chi connectivity index (χ4v) is 9.26. The van der Waals surface area contributed by atoms with Gasteiger partial charge in [0.2, 0.25) is 0 Å². The zero-order valence-electron chi connectivity index (χ0n) is 28.9. The minimum atomic E-state index is -4.30. The minimum Gasteiger partial charge on any atom is -0.403 e. The van der Waals surface area contributed by atoms with Crippen LogP contribution in [-0.4, -0.2) is 13.2 Å². The molecule has 0 amide bonds. The molecule has 270 valence electrons. The van der Waals surface area contributed by atoms with E-state index in [1.165, 1.54) is 12.1 Å². The van der Waals surface area contributed by atoms with Crippen molar-refractivity contribution in [2.24, 2.45) is 0 Å². The summed E-state index contributed by atoms with van der Waals surface area (Å²) < 4.78 is 79.2. The summed E-state index contributed by atoms with van der Waals surface area (Å²) in [5.74, 6) is -0.161. The van der Waals surface area contributed by atoms with Gasteiger partial charge in [0, 0.05) is 17.9 Å². The van der Waals surface area contributed by atoms with Crippen LogP contribution in [0.5, 0.6) is 11.5 Å². The maximum atomic E-state index is 14.4. The average molecular weight is 755 g/mol. The average Bonchev–Trinajstić information content (AvgIpc) is 3.08. The molecule has 8 nitrogen and oxygen atoms in total. The summed E-state index contributed by atoms with van der Waals surface area (Å²) in [6, 6.07) is 22.5. The number of phosphoric ester groups is 2. The Labute approximate surface area is 304 Å². The van der Waals surface area contributed by atoms with Gasteiger partial charge in [-0.2, -0.15) is 0 Å². The third kappa shape index (κ3) is 9.22. The van der Waals surface area contributed by atoms with Gasteiger partial charge in [0.15, 0.2) is 0 Å². The van der Waals surface area contributed by atoms with Gasteiger partial charge < -0.3 is 9.05 Å². The van der Waals surface area contributed by atoms with Crippen molar-refractivity contribution in [2.45, 2.75) is 71.5 Å². The van der Waals surface area contributed by atoms with Crippen LogP contribution < -0.4 is 9.05 Å². The molecule has 4 aromatic rings. The lowest BCUT2D eigenvalue weighted by Gasteiger charge is -2.31. The largest absolute Gasteiger partial charge is 0.530 e. The van der Waals surface area contributed by atoms with E-state index in [1.54, 1.807) is 42.5 Å². The van der Waals surface area contributed by atoms with Crippen molar-refractivity contribution in [1.82, 2.24) is 0 Å². The Morgan fingerprint density at radius 2 is 1.47 bits per heavy atom. The van der Waals surface area contributed by atoms with E-state index in [2.05, 4.69) is 13.5 Å². The first kappa shape index (κ1) is 37.5. The molecule has 0 N–H and O–H groups in total. The van der Waals surface area contributed by atoms with Crippen molar-refractivity contribution in [1.29, 1.82) is 0 Å². The highest BCUT2D eigenvalue weighted by molar-refractivity contribution is 7.49. The van der Waals surface area contributed by atoms with E-state index in [0.717, 1.165) is 47.1 Å². The van der Waals surface area contributed by atoms with Gasteiger partial charge in [0.1, 0.15) is 17.3 Å². The van der Waals surface area contributed by atoms with Crippen LogP contribution >= 0.6 is 27.2 Å². The third-order valence-electron chi connectivity index (χ3n) is 8.73. The summed E-state index contributed by atoms with van der Waals surface area (Å²) in [5.41, 5.74) is 5.44. The zero-order valence-corrected chi connectivity index (χ0v) is 31.5. The lowest BCUT2D eigenvalue weighted by atomic mass is 9.91. The Hall–Kier alpha value is -3.26. The first-order chi connectivity index (χ1) is 24.4. The van der Waals surface area contributed by atoms with Gasteiger partial charge in [-0.3, -0.25) is 18.1 Å². The SMILES string of the molecule is C=C(C)c1ccc(C)cc1-c1c(OP2(=O)OCCC(c3cccc(F)c3)O2)cc(CCCCC)cc1OP1(=O)OCCC(c2cccc(Cl)c2)O1. The second-order valence-electron chi connectivity index (χ2n) is 12.9. The maximum Gasteiger partial charge on any atom is 0.530 e. The number of hydrogen-bond donors (Lipinski definition) is 0. The predicted molar refractivity (Wildman–Crippen MR) is 198 cm³/mol. The number of hydrogen-bond acceptors (Lipinski definition) is 8. The van der Waals surface area contributed by atoms with Crippen molar-refractivity contribution in [3.8, 4) is 22.6 Å². The smallest absolute Gasteiger partial charge is 0.403 e. The summed E-state index contributed by atoms with van der Waals surface area (Å²) in [7, 11) is -8.54. The number of rotatable bonds is 12. The van der Waals surface area contributed by atoms with Crippen molar-refractivity contribution in [3.05, 3.63) is 124 Å². The van der Waals surface area contributed by atoms with Crippen molar-refractivity contribution < 1.29 is 40.7 Å². The fourth-order valence-electron chi connectivity index (χ4n) is 6.24. The zero-order chi connectivity index (χ0) is 36.2.